The molecule has 0 fully saturated rings. The lowest BCUT2D eigenvalue weighted by Gasteiger charge is -2.00. The van der Waals surface area contributed by atoms with Crippen LogP contribution in [0.15, 0.2) is 21.2 Å². The van der Waals surface area contributed by atoms with E-state index in [0.717, 1.165) is 19.8 Å². The lowest BCUT2D eigenvalue weighted by atomic mass is 10.2. The fourth-order valence-corrected chi connectivity index (χ4v) is 2.34. The summed E-state index contributed by atoms with van der Waals surface area (Å²) in [4.78, 5) is 0. The van der Waals surface area contributed by atoms with E-state index in [-0.39, 0.29) is 0 Å². The largest absolute Gasteiger partial charge is 0.397 e. The predicted molar refractivity (Wildman–Crippen MR) is 55.9 cm³/mol. The third kappa shape index (κ3) is 1.04. The molecule has 0 aliphatic rings. The van der Waals surface area contributed by atoms with Crippen molar-refractivity contribution in [1.29, 1.82) is 0 Å². The molecule has 0 aliphatic carbocycles. The van der Waals surface area contributed by atoms with Crippen molar-refractivity contribution in [2.75, 3.05) is 5.73 Å². The number of anilines is 1. The highest BCUT2D eigenvalue weighted by molar-refractivity contribution is 9.11. The molecule has 0 spiro atoms. The van der Waals surface area contributed by atoms with Crippen molar-refractivity contribution < 1.29 is 0 Å². The zero-order chi connectivity index (χ0) is 8.72. The maximum Gasteiger partial charge on any atom is 0.0813 e. The Bertz CT molecular complexity index is 435. The molecule has 0 aliphatic heterocycles. The van der Waals surface area contributed by atoms with E-state index < -0.39 is 0 Å². The maximum atomic E-state index is 5.80. The van der Waals surface area contributed by atoms with Gasteiger partial charge in [0.2, 0.25) is 0 Å². The van der Waals surface area contributed by atoms with E-state index in [9.17, 15) is 0 Å². The number of nitrogens with one attached hydrogen (secondary N) is 1. The zero-order valence-corrected chi connectivity index (χ0v) is 9.11. The van der Waals surface area contributed by atoms with Crippen molar-refractivity contribution in [2.45, 2.75) is 0 Å². The van der Waals surface area contributed by atoms with Crippen LogP contribution in [-0.2, 0) is 0 Å². The minimum absolute atomic E-state index is 0.710. The second kappa shape index (κ2) is 2.74. The molecule has 0 atom stereocenters. The number of halogens is 2. The Kier molecular flexibility index (Phi) is 1.84. The summed E-state index contributed by atoms with van der Waals surface area (Å²) < 4.78 is 1.83. The number of rotatable bonds is 0. The normalized spacial score (nSPS) is 10.8. The van der Waals surface area contributed by atoms with E-state index in [4.69, 9.17) is 5.73 Å². The van der Waals surface area contributed by atoms with Gasteiger partial charge in [0.25, 0.3) is 0 Å². The summed E-state index contributed by atoms with van der Waals surface area (Å²) in [6.07, 6.45) is 1.71. The summed E-state index contributed by atoms with van der Waals surface area (Å²) in [7, 11) is 0. The smallest absolute Gasteiger partial charge is 0.0813 e. The highest BCUT2D eigenvalue weighted by Crippen LogP contribution is 2.33. The van der Waals surface area contributed by atoms with Crippen molar-refractivity contribution in [3.8, 4) is 0 Å². The Morgan fingerprint density at radius 1 is 1.33 bits per heavy atom. The molecule has 3 N–H and O–H groups in total. The van der Waals surface area contributed by atoms with Crippen LogP contribution in [0.1, 0.15) is 0 Å². The molecular weight excluding hydrogens is 286 g/mol. The fourth-order valence-electron chi connectivity index (χ4n) is 1.06. The number of aromatic nitrogens is 2. The molecule has 12 heavy (non-hydrogen) atoms. The van der Waals surface area contributed by atoms with E-state index in [1.165, 1.54) is 0 Å². The molecule has 0 saturated heterocycles. The van der Waals surface area contributed by atoms with Gasteiger partial charge in [-0.1, -0.05) is 0 Å². The summed E-state index contributed by atoms with van der Waals surface area (Å²) >= 11 is 6.76. The molecule has 2 rings (SSSR count). The third-order valence-corrected chi connectivity index (χ3v) is 2.96. The van der Waals surface area contributed by atoms with E-state index in [0.29, 0.717) is 5.69 Å². The van der Waals surface area contributed by atoms with Gasteiger partial charge in [0.15, 0.2) is 0 Å². The van der Waals surface area contributed by atoms with Crippen LogP contribution in [0.2, 0.25) is 0 Å². The third-order valence-electron chi connectivity index (χ3n) is 1.68. The van der Waals surface area contributed by atoms with Crippen molar-refractivity contribution in [3.05, 3.63) is 21.2 Å². The van der Waals surface area contributed by atoms with Gasteiger partial charge in [-0.25, -0.2) is 0 Å². The van der Waals surface area contributed by atoms with Crippen LogP contribution < -0.4 is 5.73 Å². The SMILES string of the molecule is Nc1c(Br)cc(Br)c2[nH]ncc12. The van der Waals surface area contributed by atoms with Gasteiger partial charge in [-0.05, 0) is 37.9 Å². The topological polar surface area (TPSA) is 54.7 Å². The van der Waals surface area contributed by atoms with Gasteiger partial charge in [0.05, 0.1) is 17.4 Å². The molecule has 62 valence electrons. The van der Waals surface area contributed by atoms with E-state index >= 15 is 0 Å². The fraction of sp³-hybridized carbons (Fsp3) is 0. The monoisotopic (exact) mass is 289 g/mol. The number of aromatic amines is 1. The van der Waals surface area contributed by atoms with Crippen LogP contribution in [0.25, 0.3) is 10.9 Å². The minimum atomic E-state index is 0.710. The average Bonchev–Trinajstić information content (AvgIpc) is 2.48. The molecular formula is C7H5Br2N3. The van der Waals surface area contributed by atoms with E-state index in [1.54, 1.807) is 6.20 Å². The van der Waals surface area contributed by atoms with Crippen LogP contribution in [0, 0.1) is 0 Å². The van der Waals surface area contributed by atoms with Crippen LogP contribution in [-0.4, -0.2) is 10.2 Å². The van der Waals surface area contributed by atoms with E-state index in [2.05, 4.69) is 42.1 Å². The standard InChI is InChI=1S/C7H5Br2N3/c8-4-1-5(9)7-3(6(4)10)2-11-12-7/h1-2H,10H2,(H,11,12). The van der Waals surface area contributed by atoms with Crippen molar-refractivity contribution >= 4 is 48.5 Å². The molecule has 0 saturated carbocycles. The van der Waals surface area contributed by atoms with Crippen molar-refractivity contribution in [1.82, 2.24) is 10.2 Å². The van der Waals surface area contributed by atoms with Gasteiger partial charge in [-0.3, -0.25) is 5.10 Å². The first-order valence-electron chi connectivity index (χ1n) is 3.26. The molecule has 1 aromatic carbocycles. The Morgan fingerprint density at radius 2 is 2.08 bits per heavy atom. The number of hydrogen-bond donors (Lipinski definition) is 2. The first-order chi connectivity index (χ1) is 5.70. The Balaban J connectivity index is 2.97. The number of hydrogen-bond acceptors (Lipinski definition) is 2. The van der Waals surface area contributed by atoms with E-state index in [1.807, 2.05) is 6.07 Å². The van der Waals surface area contributed by atoms with Crippen LogP contribution >= 0.6 is 31.9 Å². The molecule has 0 radical (unpaired) electrons. The van der Waals surface area contributed by atoms with Gasteiger partial charge < -0.3 is 5.73 Å². The number of nitrogens with two attached hydrogens (primary N) is 1. The lowest BCUT2D eigenvalue weighted by molar-refractivity contribution is 1.12. The predicted octanol–water partition coefficient (Wildman–Crippen LogP) is 2.67. The first-order valence-corrected chi connectivity index (χ1v) is 4.85. The van der Waals surface area contributed by atoms with Crippen LogP contribution in [0.3, 0.4) is 0 Å². The van der Waals surface area contributed by atoms with Crippen molar-refractivity contribution in [3.63, 3.8) is 0 Å². The number of H-pyrrole nitrogens is 1. The molecule has 0 bridgehead atoms. The number of fused-ring (bicyclic) bond motifs is 1. The molecule has 0 unspecified atom stereocenters. The average molecular weight is 291 g/mol. The minimum Gasteiger partial charge on any atom is -0.397 e. The molecule has 2 aromatic rings. The second-order valence-corrected chi connectivity index (χ2v) is 4.12. The van der Waals surface area contributed by atoms with Gasteiger partial charge in [0, 0.05) is 14.3 Å². The van der Waals surface area contributed by atoms with Crippen LogP contribution in [0.4, 0.5) is 5.69 Å². The van der Waals surface area contributed by atoms with Crippen LogP contribution in [0.5, 0.6) is 0 Å². The van der Waals surface area contributed by atoms with Gasteiger partial charge in [-0.15, -0.1) is 0 Å². The molecule has 0 amide bonds. The number of nitrogen functional groups attached to an aromatic ring is 1. The highest BCUT2D eigenvalue weighted by Gasteiger charge is 2.07. The summed E-state index contributed by atoms with van der Waals surface area (Å²) in [5.74, 6) is 0. The Hall–Kier alpha value is -0.550. The number of benzene rings is 1. The van der Waals surface area contributed by atoms with Gasteiger partial charge in [0.1, 0.15) is 0 Å². The highest BCUT2D eigenvalue weighted by atomic mass is 79.9. The number of nitrogens with zero attached hydrogens (tertiary/aromatic N) is 1. The molecule has 1 aromatic heterocycles. The quantitative estimate of drug-likeness (QED) is 0.733. The first kappa shape index (κ1) is 8.07. The summed E-state index contributed by atoms with van der Waals surface area (Å²) in [6.45, 7) is 0. The van der Waals surface area contributed by atoms with Gasteiger partial charge >= 0.3 is 0 Å². The maximum absolute atomic E-state index is 5.80. The molecule has 5 heteroatoms. The second-order valence-electron chi connectivity index (χ2n) is 2.41. The van der Waals surface area contributed by atoms with Crippen molar-refractivity contribution in [2.24, 2.45) is 0 Å². The Labute approximate surface area is 85.6 Å². The molecule has 1 heterocycles. The molecule has 3 nitrogen and oxygen atoms in total. The summed E-state index contributed by atoms with van der Waals surface area (Å²) in [6, 6.07) is 1.90. The zero-order valence-electron chi connectivity index (χ0n) is 5.94. The summed E-state index contributed by atoms with van der Waals surface area (Å²) in [5.41, 5.74) is 7.44. The summed E-state index contributed by atoms with van der Waals surface area (Å²) in [5, 5.41) is 7.69. The van der Waals surface area contributed by atoms with Gasteiger partial charge in [-0.2, -0.15) is 5.10 Å². The lowest BCUT2D eigenvalue weighted by Crippen LogP contribution is -1.87. The Morgan fingerprint density at radius 3 is 2.83 bits per heavy atom.